The molecule has 1 aromatic carbocycles. The Labute approximate surface area is 185 Å². The van der Waals surface area contributed by atoms with Gasteiger partial charge in [0.25, 0.3) is 0 Å². The molecule has 0 bridgehead atoms. The molecular weight excluding hydrogens is 398 g/mol. The molecule has 8 nitrogen and oxygen atoms in total. The average Bonchev–Trinajstić information content (AvgIpc) is 2.78. The Kier molecular flexibility index (Phi) is 9.58. The minimum Gasteiger partial charge on any atom is -0.493 e. The van der Waals surface area contributed by atoms with Crippen LogP contribution >= 0.6 is 0 Å². The first-order valence-electron chi connectivity index (χ1n) is 10.9. The number of ether oxygens (including phenoxy) is 3. The van der Waals surface area contributed by atoms with Crippen LogP contribution in [0.3, 0.4) is 0 Å². The van der Waals surface area contributed by atoms with Gasteiger partial charge < -0.3 is 19.5 Å². The van der Waals surface area contributed by atoms with E-state index in [1.807, 2.05) is 26.0 Å². The number of hydrogen-bond donors (Lipinski definition) is 1. The van der Waals surface area contributed by atoms with Crippen molar-refractivity contribution in [3.8, 4) is 11.5 Å². The Bertz CT molecular complexity index is 747. The Morgan fingerprint density at radius 2 is 1.61 bits per heavy atom. The van der Waals surface area contributed by atoms with Gasteiger partial charge in [-0.3, -0.25) is 14.6 Å². The minimum atomic E-state index is -0.600. The third-order valence-electron chi connectivity index (χ3n) is 6.05. The quantitative estimate of drug-likeness (QED) is 0.562. The molecule has 174 valence electrons. The van der Waals surface area contributed by atoms with Crippen molar-refractivity contribution in [2.24, 2.45) is 5.92 Å². The number of hydrogen-bond acceptors (Lipinski definition) is 7. The number of piperazine rings is 1. The van der Waals surface area contributed by atoms with Crippen LogP contribution in [-0.4, -0.2) is 81.8 Å². The lowest BCUT2D eigenvalue weighted by atomic mass is 9.99. The average molecular weight is 436 g/mol. The fourth-order valence-electron chi connectivity index (χ4n) is 3.76. The summed E-state index contributed by atoms with van der Waals surface area (Å²) in [7, 11) is 4.64. The Morgan fingerprint density at radius 1 is 1.03 bits per heavy atom. The van der Waals surface area contributed by atoms with E-state index in [-0.39, 0.29) is 18.4 Å². The molecule has 0 radical (unpaired) electrons. The summed E-state index contributed by atoms with van der Waals surface area (Å²) in [6.07, 6.45) is 0.786. The van der Waals surface area contributed by atoms with Crippen molar-refractivity contribution < 1.29 is 23.8 Å². The highest BCUT2D eigenvalue weighted by Gasteiger charge is 2.28. The third-order valence-corrected chi connectivity index (χ3v) is 6.05. The first-order valence-corrected chi connectivity index (χ1v) is 10.9. The van der Waals surface area contributed by atoms with E-state index in [1.54, 1.807) is 14.2 Å². The highest BCUT2D eigenvalue weighted by Crippen LogP contribution is 2.31. The number of amides is 1. The van der Waals surface area contributed by atoms with Gasteiger partial charge in [0.2, 0.25) is 5.91 Å². The second-order valence-corrected chi connectivity index (χ2v) is 8.14. The van der Waals surface area contributed by atoms with Crippen LogP contribution in [0.2, 0.25) is 0 Å². The molecule has 1 aromatic rings. The second kappa shape index (κ2) is 11.9. The van der Waals surface area contributed by atoms with Gasteiger partial charge in [-0.2, -0.15) is 0 Å². The van der Waals surface area contributed by atoms with Gasteiger partial charge in [-0.15, -0.1) is 0 Å². The van der Waals surface area contributed by atoms with E-state index in [0.717, 1.165) is 50.6 Å². The molecule has 2 atom stereocenters. The molecule has 0 spiro atoms. The van der Waals surface area contributed by atoms with Crippen LogP contribution in [-0.2, 0) is 20.9 Å². The fourth-order valence-corrected chi connectivity index (χ4v) is 3.76. The van der Waals surface area contributed by atoms with E-state index < -0.39 is 12.0 Å². The molecule has 1 heterocycles. The molecule has 1 aliphatic rings. The highest BCUT2D eigenvalue weighted by atomic mass is 16.5. The summed E-state index contributed by atoms with van der Waals surface area (Å²) in [5.74, 6) is 0.970. The van der Waals surface area contributed by atoms with Crippen molar-refractivity contribution in [1.29, 1.82) is 0 Å². The van der Waals surface area contributed by atoms with Crippen molar-refractivity contribution in [2.45, 2.75) is 39.8 Å². The summed E-state index contributed by atoms with van der Waals surface area (Å²) in [4.78, 5) is 29.0. The standard InChI is InChI=1S/C23H37N3O5/c1-7-16(2)22(23(28)31-6)24-21(27)15-26-10-8-25(9-11-26)14-18-13-20(30-5)19(29-4)12-17(18)3/h12-13,16,22H,7-11,14-15H2,1-6H3,(H,24,27)/t16-,22+/m1/s1. The summed E-state index contributed by atoms with van der Waals surface area (Å²) in [5.41, 5.74) is 2.37. The van der Waals surface area contributed by atoms with E-state index in [2.05, 4.69) is 22.0 Å². The maximum atomic E-state index is 12.5. The maximum absolute atomic E-state index is 12.5. The third kappa shape index (κ3) is 6.83. The van der Waals surface area contributed by atoms with Gasteiger partial charge in [-0.25, -0.2) is 4.79 Å². The van der Waals surface area contributed by atoms with E-state index in [1.165, 1.54) is 18.2 Å². The smallest absolute Gasteiger partial charge is 0.328 e. The number of benzene rings is 1. The zero-order valence-electron chi connectivity index (χ0n) is 19.7. The topological polar surface area (TPSA) is 80.3 Å². The predicted octanol–water partition coefficient (Wildman–Crippen LogP) is 1.83. The van der Waals surface area contributed by atoms with Gasteiger partial charge in [-0.05, 0) is 36.1 Å². The summed E-state index contributed by atoms with van der Waals surface area (Å²) in [5, 5.41) is 2.85. The molecule has 1 N–H and O–H groups in total. The van der Waals surface area contributed by atoms with Gasteiger partial charge >= 0.3 is 5.97 Å². The van der Waals surface area contributed by atoms with Crippen molar-refractivity contribution in [1.82, 2.24) is 15.1 Å². The summed E-state index contributed by atoms with van der Waals surface area (Å²) < 4.78 is 15.7. The van der Waals surface area contributed by atoms with Crippen LogP contribution in [0.5, 0.6) is 11.5 Å². The largest absolute Gasteiger partial charge is 0.493 e. The SMILES string of the molecule is CC[C@@H](C)[C@H](NC(=O)CN1CCN(Cc2cc(OC)c(OC)cc2C)CC1)C(=O)OC. The van der Waals surface area contributed by atoms with Crippen LogP contribution in [0, 0.1) is 12.8 Å². The summed E-state index contributed by atoms with van der Waals surface area (Å²) in [6, 6.07) is 3.44. The first kappa shape index (κ1) is 24.9. The van der Waals surface area contributed by atoms with E-state index in [0.29, 0.717) is 0 Å². The number of carbonyl (C=O) groups is 2. The molecule has 1 aliphatic heterocycles. The van der Waals surface area contributed by atoms with Crippen LogP contribution in [0.25, 0.3) is 0 Å². The zero-order chi connectivity index (χ0) is 23.0. The lowest BCUT2D eigenvalue weighted by molar-refractivity contribution is -0.146. The monoisotopic (exact) mass is 435 g/mol. The van der Waals surface area contributed by atoms with Crippen molar-refractivity contribution in [3.63, 3.8) is 0 Å². The molecule has 8 heteroatoms. The van der Waals surface area contributed by atoms with Crippen molar-refractivity contribution in [2.75, 3.05) is 54.1 Å². The molecular formula is C23H37N3O5. The molecule has 1 fully saturated rings. The molecule has 0 saturated carbocycles. The van der Waals surface area contributed by atoms with Gasteiger partial charge in [-0.1, -0.05) is 20.3 Å². The summed E-state index contributed by atoms with van der Waals surface area (Å²) >= 11 is 0. The summed E-state index contributed by atoms with van der Waals surface area (Å²) in [6.45, 7) is 10.4. The molecule has 2 rings (SSSR count). The Hall–Kier alpha value is -2.32. The Morgan fingerprint density at radius 3 is 2.16 bits per heavy atom. The lowest BCUT2D eigenvalue weighted by Crippen LogP contribution is -2.52. The molecule has 0 aliphatic carbocycles. The molecule has 31 heavy (non-hydrogen) atoms. The van der Waals surface area contributed by atoms with E-state index >= 15 is 0 Å². The second-order valence-electron chi connectivity index (χ2n) is 8.14. The predicted molar refractivity (Wildman–Crippen MR) is 119 cm³/mol. The fraction of sp³-hybridized carbons (Fsp3) is 0.652. The van der Waals surface area contributed by atoms with Gasteiger partial charge in [0.15, 0.2) is 11.5 Å². The van der Waals surface area contributed by atoms with E-state index in [9.17, 15) is 9.59 Å². The normalized spacial score (nSPS) is 17.0. The van der Waals surface area contributed by atoms with Crippen molar-refractivity contribution >= 4 is 11.9 Å². The number of esters is 1. The number of carbonyl (C=O) groups excluding carboxylic acids is 2. The van der Waals surface area contributed by atoms with Crippen molar-refractivity contribution in [3.05, 3.63) is 23.3 Å². The van der Waals surface area contributed by atoms with Crippen LogP contribution in [0.4, 0.5) is 0 Å². The zero-order valence-corrected chi connectivity index (χ0v) is 19.7. The van der Waals surface area contributed by atoms with Gasteiger partial charge in [0.05, 0.1) is 27.9 Å². The van der Waals surface area contributed by atoms with Crippen LogP contribution in [0.1, 0.15) is 31.4 Å². The molecule has 0 aromatic heterocycles. The molecule has 1 amide bonds. The number of methoxy groups -OCH3 is 3. The Balaban J connectivity index is 1.87. The lowest BCUT2D eigenvalue weighted by Gasteiger charge is -2.35. The van der Waals surface area contributed by atoms with Gasteiger partial charge in [0.1, 0.15) is 6.04 Å². The van der Waals surface area contributed by atoms with Gasteiger partial charge in [0, 0.05) is 32.7 Å². The van der Waals surface area contributed by atoms with Crippen LogP contribution < -0.4 is 14.8 Å². The maximum Gasteiger partial charge on any atom is 0.328 e. The van der Waals surface area contributed by atoms with Crippen LogP contribution in [0.15, 0.2) is 12.1 Å². The molecule has 0 unspecified atom stereocenters. The number of aryl methyl sites for hydroxylation is 1. The number of rotatable bonds is 10. The first-order chi connectivity index (χ1) is 14.8. The number of nitrogens with zero attached hydrogens (tertiary/aromatic N) is 2. The highest BCUT2D eigenvalue weighted by molar-refractivity contribution is 5.85. The minimum absolute atomic E-state index is 0.0259. The van der Waals surface area contributed by atoms with E-state index in [4.69, 9.17) is 14.2 Å². The number of nitrogens with one attached hydrogen (secondary N) is 1. The molecule has 1 saturated heterocycles.